The molecule has 0 spiro atoms. The van der Waals surface area contributed by atoms with Crippen molar-refractivity contribution in [1.29, 1.82) is 0 Å². The molecule has 1 aliphatic rings. The van der Waals surface area contributed by atoms with Crippen LogP contribution < -0.4 is 5.32 Å². The third-order valence-corrected chi connectivity index (χ3v) is 2.97. The van der Waals surface area contributed by atoms with Crippen molar-refractivity contribution in [2.75, 3.05) is 44.7 Å². The first-order valence-corrected chi connectivity index (χ1v) is 6.22. The van der Waals surface area contributed by atoms with Crippen LogP contribution in [0.25, 0.3) is 0 Å². The molecule has 2 rings (SSSR count). The number of hydrogen-bond acceptors (Lipinski definition) is 4. The van der Waals surface area contributed by atoms with Gasteiger partial charge in [-0.25, -0.2) is 4.39 Å². The molecule has 0 bridgehead atoms. The minimum atomic E-state index is -0.511. The van der Waals surface area contributed by atoms with E-state index in [-0.39, 0.29) is 5.82 Å². The molecule has 1 atom stereocenters. The summed E-state index contributed by atoms with van der Waals surface area (Å²) in [5.41, 5.74) is 0.429. The molecule has 1 aromatic rings. The molecule has 1 heterocycles. The number of ether oxygens (including phenoxy) is 1. The lowest BCUT2D eigenvalue weighted by Gasteiger charge is -2.28. The maximum absolute atomic E-state index is 13.3. The molecular weight excluding hydrogens is 235 g/mol. The molecule has 100 valence electrons. The topological polar surface area (TPSA) is 44.7 Å². The van der Waals surface area contributed by atoms with Crippen molar-refractivity contribution in [1.82, 2.24) is 4.90 Å². The van der Waals surface area contributed by atoms with Gasteiger partial charge in [0.1, 0.15) is 5.82 Å². The van der Waals surface area contributed by atoms with E-state index >= 15 is 0 Å². The number of morpholine rings is 1. The number of halogens is 1. The number of nitrogens with zero attached hydrogens (tertiary/aromatic N) is 1. The Morgan fingerprint density at radius 2 is 2.06 bits per heavy atom. The van der Waals surface area contributed by atoms with E-state index in [1.54, 1.807) is 18.2 Å². The van der Waals surface area contributed by atoms with Gasteiger partial charge in [-0.1, -0.05) is 12.1 Å². The Kier molecular flexibility index (Phi) is 4.92. The van der Waals surface area contributed by atoms with Crippen molar-refractivity contribution in [2.45, 2.75) is 6.10 Å². The van der Waals surface area contributed by atoms with E-state index < -0.39 is 6.10 Å². The fraction of sp³-hybridized carbons (Fsp3) is 0.538. The summed E-state index contributed by atoms with van der Waals surface area (Å²) in [6, 6.07) is 6.47. The van der Waals surface area contributed by atoms with E-state index in [0.717, 1.165) is 13.1 Å². The third-order valence-electron chi connectivity index (χ3n) is 2.97. The zero-order valence-corrected chi connectivity index (χ0v) is 10.3. The molecule has 1 fully saturated rings. The minimum Gasteiger partial charge on any atom is -0.390 e. The number of nitrogens with one attached hydrogen (secondary N) is 1. The summed E-state index contributed by atoms with van der Waals surface area (Å²) in [5.74, 6) is -0.295. The molecule has 1 unspecified atom stereocenters. The van der Waals surface area contributed by atoms with Gasteiger partial charge in [0.2, 0.25) is 0 Å². The Labute approximate surface area is 106 Å². The molecule has 1 aromatic carbocycles. The number of aliphatic hydroxyl groups excluding tert-OH is 1. The van der Waals surface area contributed by atoms with E-state index in [0.29, 0.717) is 32.0 Å². The maximum Gasteiger partial charge on any atom is 0.146 e. The Morgan fingerprint density at radius 1 is 1.33 bits per heavy atom. The highest BCUT2D eigenvalue weighted by molar-refractivity contribution is 5.44. The second-order valence-electron chi connectivity index (χ2n) is 4.43. The van der Waals surface area contributed by atoms with Gasteiger partial charge in [-0.05, 0) is 12.1 Å². The third kappa shape index (κ3) is 3.94. The Hall–Kier alpha value is -1.17. The van der Waals surface area contributed by atoms with E-state index in [1.807, 2.05) is 0 Å². The highest BCUT2D eigenvalue weighted by atomic mass is 19.1. The number of hydrogen-bond donors (Lipinski definition) is 2. The predicted octanol–water partition coefficient (Wildman–Crippen LogP) is 0.931. The first-order chi connectivity index (χ1) is 8.75. The van der Waals surface area contributed by atoms with Gasteiger partial charge in [-0.15, -0.1) is 0 Å². The molecular formula is C13H19FN2O2. The van der Waals surface area contributed by atoms with Gasteiger partial charge in [0.15, 0.2) is 0 Å². The summed E-state index contributed by atoms with van der Waals surface area (Å²) in [7, 11) is 0. The number of para-hydroxylation sites is 1. The van der Waals surface area contributed by atoms with Crippen LogP contribution in [0.1, 0.15) is 0 Å². The van der Waals surface area contributed by atoms with Crippen molar-refractivity contribution in [2.24, 2.45) is 0 Å². The van der Waals surface area contributed by atoms with Crippen LogP contribution >= 0.6 is 0 Å². The first kappa shape index (κ1) is 13.3. The highest BCUT2D eigenvalue weighted by Gasteiger charge is 2.14. The van der Waals surface area contributed by atoms with E-state index in [2.05, 4.69) is 10.2 Å². The monoisotopic (exact) mass is 254 g/mol. The van der Waals surface area contributed by atoms with Crippen LogP contribution in [0.5, 0.6) is 0 Å². The molecule has 4 nitrogen and oxygen atoms in total. The lowest BCUT2D eigenvalue weighted by molar-refractivity contribution is 0.0171. The van der Waals surface area contributed by atoms with Crippen LogP contribution in [0.4, 0.5) is 10.1 Å². The molecule has 0 radical (unpaired) electrons. The normalized spacial score (nSPS) is 18.6. The van der Waals surface area contributed by atoms with Gasteiger partial charge in [0.25, 0.3) is 0 Å². The van der Waals surface area contributed by atoms with E-state index in [9.17, 15) is 9.50 Å². The quantitative estimate of drug-likeness (QED) is 0.820. The summed E-state index contributed by atoms with van der Waals surface area (Å²) >= 11 is 0. The van der Waals surface area contributed by atoms with Crippen molar-refractivity contribution < 1.29 is 14.2 Å². The second kappa shape index (κ2) is 6.68. The molecule has 1 saturated heterocycles. The minimum absolute atomic E-state index is 0.295. The Bertz CT molecular complexity index is 370. The van der Waals surface area contributed by atoms with Gasteiger partial charge >= 0.3 is 0 Å². The SMILES string of the molecule is OC(CNc1ccccc1F)CN1CCOCC1. The van der Waals surface area contributed by atoms with Crippen LogP contribution in [0.2, 0.25) is 0 Å². The summed E-state index contributed by atoms with van der Waals surface area (Å²) in [5, 5.41) is 12.8. The van der Waals surface area contributed by atoms with Crippen LogP contribution in [0, 0.1) is 5.82 Å². The number of rotatable bonds is 5. The fourth-order valence-electron chi connectivity index (χ4n) is 1.98. The van der Waals surface area contributed by atoms with E-state index in [1.165, 1.54) is 6.07 Å². The lowest BCUT2D eigenvalue weighted by atomic mass is 10.2. The maximum atomic E-state index is 13.3. The molecule has 2 N–H and O–H groups in total. The molecule has 5 heteroatoms. The molecule has 0 amide bonds. The number of aliphatic hydroxyl groups is 1. The van der Waals surface area contributed by atoms with Gasteiger partial charge in [0.05, 0.1) is 25.0 Å². The van der Waals surface area contributed by atoms with Crippen LogP contribution in [0.3, 0.4) is 0 Å². The van der Waals surface area contributed by atoms with Gasteiger partial charge in [0, 0.05) is 26.2 Å². The summed E-state index contributed by atoms with van der Waals surface area (Å²) in [6.45, 7) is 4.05. The van der Waals surface area contributed by atoms with Crippen LogP contribution in [-0.2, 0) is 4.74 Å². The van der Waals surface area contributed by atoms with Gasteiger partial charge < -0.3 is 15.2 Å². The molecule has 0 aliphatic carbocycles. The zero-order valence-electron chi connectivity index (χ0n) is 10.3. The highest BCUT2D eigenvalue weighted by Crippen LogP contribution is 2.12. The summed E-state index contributed by atoms with van der Waals surface area (Å²) in [4.78, 5) is 2.15. The average molecular weight is 254 g/mol. The largest absolute Gasteiger partial charge is 0.390 e. The molecule has 18 heavy (non-hydrogen) atoms. The average Bonchev–Trinajstić information content (AvgIpc) is 2.39. The van der Waals surface area contributed by atoms with Crippen LogP contribution in [0.15, 0.2) is 24.3 Å². The lowest BCUT2D eigenvalue weighted by Crippen LogP contribution is -2.42. The second-order valence-corrected chi connectivity index (χ2v) is 4.43. The molecule has 1 aliphatic heterocycles. The van der Waals surface area contributed by atoms with Crippen molar-refractivity contribution >= 4 is 5.69 Å². The summed E-state index contributed by atoms with van der Waals surface area (Å²) in [6.07, 6.45) is -0.511. The standard InChI is InChI=1S/C13H19FN2O2/c14-12-3-1-2-4-13(12)15-9-11(17)10-16-5-7-18-8-6-16/h1-4,11,15,17H,5-10H2. The van der Waals surface area contributed by atoms with Gasteiger partial charge in [-0.3, -0.25) is 4.90 Å². The number of anilines is 1. The van der Waals surface area contributed by atoms with Crippen molar-refractivity contribution in [3.05, 3.63) is 30.1 Å². The van der Waals surface area contributed by atoms with Crippen LogP contribution in [-0.4, -0.2) is 55.5 Å². The molecule has 0 aromatic heterocycles. The Morgan fingerprint density at radius 3 is 2.78 bits per heavy atom. The smallest absolute Gasteiger partial charge is 0.146 e. The molecule has 0 saturated carbocycles. The predicted molar refractivity (Wildman–Crippen MR) is 68.2 cm³/mol. The summed E-state index contributed by atoms with van der Waals surface area (Å²) < 4.78 is 18.6. The zero-order chi connectivity index (χ0) is 12.8. The van der Waals surface area contributed by atoms with Crippen molar-refractivity contribution in [3.63, 3.8) is 0 Å². The van der Waals surface area contributed by atoms with Gasteiger partial charge in [-0.2, -0.15) is 0 Å². The number of β-amino-alcohol motifs (C(OH)–C–C–N with tert-alkyl or cyclic N) is 1. The van der Waals surface area contributed by atoms with Crippen molar-refractivity contribution in [3.8, 4) is 0 Å². The van der Waals surface area contributed by atoms with E-state index in [4.69, 9.17) is 4.74 Å². The first-order valence-electron chi connectivity index (χ1n) is 6.22. The number of benzene rings is 1. The Balaban J connectivity index is 1.74. The fourth-order valence-corrected chi connectivity index (χ4v) is 1.98.